The molecule has 10 nitrogen and oxygen atoms in total. The van der Waals surface area contributed by atoms with E-state index in [0.717, 1.165) is 0 Å². The molecule has 0 heterocycles. The number of carboxylic acid groups (broad SMARTS) is 1. The number of hydroxylamine groups is 1. The maximum atomic E-state index is 10.7. The van der Waals surface area contributed by atoms with Gasteiger partial charge in [-0.1, -0.05) is 4.47 Å². The Labute approximate surface area is 78.0 Å². The highest BCUT2D eigenvalue weighted by Crippen LogP contribution is 2.08. The van der Waals surface area contributed by atoms with Crippen molar-refractivity contribution in [1.82, 2.24) is 4.47 Å². The lowest BCUT2D eigenvalue weighted by Crippen LogP contribution is -2.41. The lowest BCUT2D eigenvalue weighted by molar-refractivity contribution is -0.0593. The monoisotopic (exact) mass is 250 g/mol. The van der Waals surface area contributed by atoms with Crippen LogP contribution in [-0.4, -0.2) is 43.8 Å². The molecular weight excluding hydrogens is 244 g/mol. The standard InChI is InChI=1S/C2H6N2O8S2/c3-1-12-4(2(5)6)13(7,8)14(9,10)11/h1,3H2,(H,5,6)(H,9,10,11). The van der Waals surface area contributed by atoms with E-state index < -0.39 is 35.5 Å². The Morgan fingerprint density at radius 2 is 1.79 bits per heavy atom. The van der Waals surface area contributed by atoms with E-state index in [1.807, 2.05) is 0 Å². The summed E-state index contributed by atoms with van der Waals surface area (Å²) in [4.78, 5) is 14.0. The molecular formula is C2H6N2O8S2. The molecule has 12 heteroatoms. The molecule has 84 valence electrons. The van der Waals surface area contributed by atoms with Gasteiger partial charge in [0.25, 0.3) is 0 Å². The summed E-state index contributed by atoms with van der Waals surface area (Å²) in [7, 11) is -11.2. The van der Waals surface area contributed by atoms with E-state index in [1.54, 1.807) is 0 Å². The molecule has 0 saturated heterocycles. The van der Waals surface area contributed by atoms with Gasteiger partial charge in [-0.2, -0.15) is 16.8 Å². The predicted molar refractivity (Wildman–Crippen MR) is 40.5 cm³/mol. The van der Waals surface area contributed by atoms with Crippen LogP contribution in [0.3, 0.4) is 0 Å². The van der Waals surface area contributed by atoms with E-state index in [4.69, 9.17) is 9.66 Å². The zero-order valence-electron chi connectivity index (χ0n) is 6.39. The Kier molecular flexibility index (Phi) is 3.78. The third-order valence-corrected chi connectivity index (χ3v) is 4.02. The second-order valence-corrected chi connectivity index (χ2v) is 6.26. The number of nitrogens with zero attached hydrogens (tertiary/aromatic N) is 1. The summed E-state index contributed by atoms with van der Waals surface area (Å²) in [5.74, 6) is 0. The molecule has 0 rings (SSSR count). The molecule has 0 unspecified atom stereocenters. The SMILES string of the molecule is NCON(C(=O)O)S(=O)(=O)S(=O)(=O)O. The average molecular weight is 250 g/mol. The molecule has 0 spiro atoms. The van der Waals surface area contributed by atoms with E-state index in [0.29, 0.717) is 0 Å². The highest BCUT2D eigenvalue weighted by molar-refractivity contribution is 8.64. The molecule has 0 saturated carbocycles. The molecule has 0 atom stereocenters. The van der Waals surface area contributed by atoms with Gasteiger partial charge in [-0.15, -0.1) is 0 Å². The Bertz CT molecular complexity index is 407. The van der Waals surface area contributed by atoms with Gasteiger partial charge in [-0.3, -0.25) is 4.55 Å². The van der Waals surface area contributed by atoms with Crippen LogP contribution >= 0.6 is 0 Å². The van der Waals surface area contributed by atoms with Crippen molar-refractivity contribution in [3.05, 3.63) is 0 Å². The van der Waals surface area contributed by atoms with Gasteiger partial charge < -0.3 is 10.8 Å². The lowest BCUT2D eigenvalue weighted by atomic mass is 11.3. The van der Waals surface area contributed by atoms with Crippen molar-refractivity contribution in [2.24, 2.45) is 5.73 Å². The Hall–Kier alpha value is -0.950. The van der Waals surface area contributed by atoms with Crippen LogP contribution in [0.2, 0.25) is 0 Å². The third-order valence-electron chi connectivity index (χ3n) is 0.817. The van der Waals surface area contributed by atoms with Crippen molar-refractivity contribution in [2.75, 3.05) is 6.73 Å². The fourth-order valence-electron chi connectivity index (χ4n) is 0.369. The van der Waals surface area contributed by atoms with Crippen LogP contribution in [0, 0.1) is 0 Å². The van der Waals surface area contributed by atoms with Gasteiger partial charge in [0.15, 0.2) is 0 Å². The minimum absolute atomic E-state index is 0.902. The first-order chi connectivity index (χ1) is 6.14. The van der Waals surface area contributed by atoms with Crippen molar-refractivity contribution in [3.63, 3.8) is 0 Å². The molecule has 0 aliphatic heterocycles. The Balaban J connectivity index is 5.35. The molecule has 0 radical (unpaired) electrons. The Morgan fingerprint density at radius 3 is 2.00 bits per heavy atom. The van der Waals surface area contributed by atoms with E-state index >= 15 is 0 Å². The first kappa shape index (κ1) is 13.1. The average Bonchev–Trinajstić information content (AvgIpc) is 1.96. The zero-order valence-corrected chi connectivity index (χ0v) is 8.03. The van der Waals surface area contributed by atoms with Gasteiger partial charge in [0, 0.05) is 0 Å². The van der Waals surface area contributed by atoms with Gasteiger partial charge in [-0.25, -0.2) is 9.63 Å². The quantitative estimate of drug-likeness (QED) is 0.220. The molecule has 0 aromatic heterocycles. The first-order valence-electron chi connectivity index (χ1n) is 2.73. The molecule has 0 aliphatic rings. The summed E-state index contributed by atoms with van der Waals surface area (Å²) >= 11 is 0. The second kappa shape index (κ2) is 4.05. The van der Waals surface area contributed by atoms with Crippen molar-refractivity contribution in [1.29, 1.82) is 0 Å². The summed E-state index contributed by atoms with van der Waals surface area (Å²) in [6, 6.07) is 0. The zero-order chi connectivity index (χ0) is 11.6. The van der Waals surface area contributed by atoms with Crippen LogP contribution in [0.1, 0.15) is 0 Å². The summed E-state index contributed by atoms with van der Waals surface area (Å²) in [5, 5.41) is 8.19. The number of nitrogens with two attached hydrogens (primary N) is 1. The summed E-state index contributed by atoms with van der Waals surface area (Å²) in [6.07, 6.45) is -2.26. The number of hydrogen-bond acceptors (Lipinski definition) is 7. The molecule has 1 amide bonds. The topological polar surface area (TPSA) is 164 Å². The molecule has 0 fully saturated rings. The molecule has 0 aromatic carbocycles. The van der Waals surface area contributed by atoms with Crippen molar-refractivity contribution in [2.45, 2.75) is 0 Å². The molecule has 0 bridgehead atoms. The predicted octanol–water partition coefficient (Wildman–Crippen LogP) is -2.05. The smallest absolute Gasteiger partial charge is 0.447 e. The van der Waals surface area contributed by atoms with Gasteiger partial charge in [0.2, 0.25) is 0 Å². The van der Waals surface area contributed by atoms with Gasteiger partial charge >= 0.3 is 24.3 Å². The molecule has 0 aromatic rings. The molecule has 14 heavy (non-hydrogen) atoms. The van der Waals surface area contributed by atoms with Crippen LogP contribution in [0.25, 0.3) is 0 Å². The third kappa shape index (κ3) is 2.52. The van der Waals surface area contributed by atoms with E-state index in [9.17, 15) is 21.6 Å². The van der Waals surface area contributed by atoms with Crippen LogP contribution < -0.4 is 5.73 Å². The van der Waals surface area contributed by atoms with Gasteiger partial charge in [0.05, 0.1) is 0 Å². The van der Waals surface area contributed by atoms with Crippen LogP contribution in [-0.2, 0) is 23.0 Å². The van der Waals surface area contributed by atoms with Crippen LogP contribution in [0.15, 0.2) is 0 Å². The summed E-state index contributed by atoms with van der Waals surface area (Å²) < 4.78 is 49.0. The van der Waals surface area contributed by atoms with Crippen molar-refractivity contribution < 1.29 is 36.1 Å². The lowest BCUT2D eigenvalue weighted by Gasteiger charge is -2.14. The molecule has 0 aliphatic carbocycles. The van der Waals surface area contributed by atoms with Gasteiger partial charge in [0.1, 0.15) is 6.73 Å². The minimum atomic E-state index is -5.63. The largest absolute Gasteiger partial charge is 0.463 e. The van der Waals surface area contributed by atoms with E-state index in [-0.39, 0.29) is 0 Å². The van der Waals surface area contributed by atoms with Crippen LogP contribution in [0.5, 0.6) is 0 Å². The summed E-state index contributed by atoms with van der Waals surface area (Å²) in [5.41, 5.74) is 4.64. The van der Waals surface area contributed by atoms with Crippen molar-refractivity contribution in [3.8, 4) is 0 Å². The Morgan fingerprint density at radius 1 is 1.36 bits per heavy atom. The van der Waals surface area contributed by atoms with Crippen LogP contribution in [0.4, 0.5) is 4.79 Å². The van der Waals surface area contributed by atoms with E-state index in [1.165, 1.54) is 0 Å². The number of hydrogen-bond donors (Lipinski definition) is 3. The summed E-state index contributed by atoms with van der Waals surface area (Å²) in [6.45, 7) is -0.902. The highest BCUT2D eigenvalue weighted by Gasteiger charge is 2.40. The fourth-order valence-corrected chi connectivity index (χ4v) is 1.75. The number of amides is 1. The number of rotatable bonds is 4. The minimum Gasteiger partial charge on any atom is -0.463 e. The maximum Gasteiger partial charge on any atom is 0.447 e. The second-order valence-electron chi connectivity index (χ2n) is 1.69. The first-order valence-corrected chi connectivity index (χ1v) is 6.13. The van der Waals surface area contributed by atoms with Crippen molar-refractivity contribution >= 4 is 24.3 Å². The highest BCUT2D eigenvalue weighted by atomic mass is 33.2. The fraction of sp³-hybridized carbons (Fsp3) is 0.500. The number of carbonyl (C=O) groups is 1. The molecule has 4 N–H and O–H groups in total. The van der Waals surface area contributed by atoms with Gasteiger partial charge in [-0.05, 0) is 0 Å². The normalized spacial score (nSPS) is 12.4. The maximum absolute atomic E-state index is 10.7. The van der Waals surface area contributed by atoms with E-state index in [2.05, 4.69) is 10.6 Å².